The van der Waals surface area contributed by atoms with Crippen molar-refractivity contribution >= 4 is 38.0 Å². The molecule has 8 rings (SSSR count). The van der Waals surface area contributed by atoms with Crippen molar-refractivity contribution in [3.8, 4) is 11.1 Å². The van der Waals surface area contributed by atoms with Crippen LogP contribution in [0.25, 0.3) is 49.1 Å². The second-order valence-electron chi connectivity index (χ2n) is 11.0. The number of fused-ring (bicyclic) bond motifs is 4. The van der Waals surface area contributed by atoms with E-state index in [1.165, 1.54) is 60.1 Å². The molecule has 2 atom stereocenters. The Bertz CT molecular complexity index is 2090. The van der Waals surface area contributed by atoms with E-state index in [9.17, 15) is 0 Å². The third kappa shape index (κ3) is 4.25. The summed E-state index contributed by atoms with van der Waals surface area (Å²) in [5, 5.41) is 15.6. The highest BCUT2D eigenvalue weighted by atomic mass is 15.2. The molecule has 0 saturated carbocycles. The number of hydrogen-bond acceptors (Lipinski definition) is 2. The van der Waals surface area contributed by atoms with Crippen molar-refractivity contribution in [3.05, 3.63) is 174 Å². The molecule has 2 N–H and O–H groups in total. The second-order valence-corrected chi connectivity index (χ2v) is 11.0. The van der Waals surface area contributed by atoms with Crippen LogP contribution in [0.15, 0.2) is 158 Å². The van der Waals surface area contributed by atoms with Crippen LogP contribution in [-0.2, 0) is 0 Å². The summed E-state index contributed by atoms with van der Waals surface area (Å²) in [6, 6.07) is 54.6. The fourth-order valence-electron chi connectivity index (χ4n) is 6.57. The molecular formula is C40H30N2. The Kier molecular flexibility index (Phi) is 6.05. The highest BCUT2D eigenvalue weighted by Crippen LogP contribution is 2.40. The van der Waals surface area contributed by atoms with Gasteiger partial charge in [0.25, 0.3) is 0 Å². The highest BCUT2D eigenvalue weighted by molar-refractivity contribution is 6.14. The van der Waals surface area contributed by atoms with Crippen molar-refractivity contribution in [2.75, 3.05) is 0 Å². The van der Waals surface area contributed by atoms with Gasteiger partial charge in [-0.05, 0) is 61.2 Å². The summed E-state index contributed by atoms with van der Waals surface area (Å²) < 4.78 is 0. The monoisotopic (exact) mass is 538 g/mol. The van der Waals surface area contributed by atoms with Crippen molar-refractivity contribution in [2.45, 2.75) is 12.2 Å². The summed E-state index contributed by atoms with van der Waals surface area (Å²) in [6.45, 7) is 0. The lowest BCUT2D eigenvalue weighted by molar-refractivity contribution is 0.447. The smallest absolute Gasteiger partial charge is 0.105 e. The molecule has 2 nitrogen and oxygen atoms in total. The minimum Gasteiger partial charge on any atom is -0.366 e. The average Bonchev–Trinajstić information content (AvgIpc) is 3.07. The lowest BCUT2D eigenvalue weighted by Crippen LogP contribution is -2.40. The lowest BCUT2D eigenvalue weighted by atomic mass is 9.89. The van der Waals surface area contributed by atoms with E-state index in [-0.39, 0.29) is 12.2 Å². The molecule has 42 heavy (non-hydrogen) atoms. The summed E-state index contributed by atoms with van der Waals surface area (Å²) in [7, 11) is 0. The number of hydrogen-bond donors (Lipinski definition) is 2. The SMILES string of the molecule is C1=C(c2ccccc2-c2ccccc2)NC(c2c3ccccc3cc3c2ccc2ccccc23)NC1c1ccccc1. The van der Waals surface area contributed by atoms with Crippen molar-refractivity contribution in [2.24, 2.45) is 0 Å². The molecule has 0 bridgehead atoms. The van der Waals surface area contributed by atoms with Crippen LogP contribution in [0.2, 0.25) is 0 Å². The summed E-state index contributed by atoms with van der Waals surface area (Å²) in [5.41, 5.74) is 7.29. The van der Waals surface area contributed by atoms with Crippen LogP contribution in [-0.4, -0.2) is 0 Å². The standard InChI is InChI=1S/C40H30N2/c1-3-13-27(14-4-1)31-19-11-12-22-34(31)38-26-37(29-16-5-2-6-17-29)41-40(42-38)39-33-21-10-8-18-30(33)25-36-32-20-9-7-15-28(32)23-24-35(36)39/h1-26,37,40-42H. The third-order valence-electron chi connectivity index (χ3n) is 8.54. The quantitative estimate of drug-likeness (QED) is 0.172. The summed E-state index contributed by atoms with van der Waals surface area (Å²) in [4.78, 5) is 0. The van der Waals surface area contributed by atoms with E-state index >= 15 is 0 Å². The van der Waals surface area contributed by atoms with Gasteiger partial charge in [0.15, 0.2) is 0 Å². The van der Waals surface area contributed by atoms with Gasteiger partial charge in [0.1, 0.15) is 6.17 Å². The van der Waals surface area contributed by atoms with E-state index in [4.69, 9.17) is 0 Å². The van der Waals surface area contributed by atoms with Crippen molar-refractivity contribution in [1.29, 1.82) is 0 Å². The molecule has 1 aliphatic rings. The van der Waals surface area contributed by atoms with Crippen molar-refractivity contribution in [1.82, 2.24) is 10.6 Å². The average molecular weight is 539 g/mol. The van der Waals surface area contributed by atoms with Gasteiger partial charge in [0.05, 0.1) is 6.04 Å². The van der Waals surface area contributed by atoms with Gasteiger partial charge >= 0.3 is 0 Å². The van der Waals surface area contributed by atoms with Crippen molar-refractivity contribution in [3.63, 3.8) is 0 Å². The van der Waals surface area contributed by atoms with Crippen LogP contribution in [0, 0.1) is 0 Å². The molecule has 0 amide bonds. The van der Waals surface area contributed by atoms with Gasteiger partial charge in [-0.15, -0.1) is 0 Å². The van der Waals surface area contributed by atoms with Gasteiger partial charge < -0.3 is 5.32 Å². The first-order valence-electron chi connectivity index (χ1n) is 14.6. The van der Waals surface area contributed by atoms with E-state index in [0.717, 1.165) is 5.70 Å². The Morgan fingerprint density at radius 3 is 1.90 bits per heavy atom. The first kappa shape index (κ1) is 24.6. The maximum absolute atomic E-state index is 3.99. The van der Waals surface area contributed by atoms with Gasteiger partial charge in [0, 0.05) is 16.8 Å². The van der Waals surface area contributed by atoms with Crippen LogP contribution in [0.5, 0.6) is 0 Å². The van der Waals surface area contributed by atoms with Gasteiger partial charge in [-0.1, -0.05) is 146 Å². The van der Waals surface area contributed by atoms with E-state index in [2.05, 4.69) is 168 Å². The maximum atomic E-state index is 3.99. The zero-order valence-corrected chi connectivity index (χ0v) is 23.2. The Morgan fingerprint density at radius 2 is 1.10 bits per heavy atom. The van der Waals surface area contributed by atoms with Crippen molar-refractivity contribution < 1.29 is 0 Å². The number of rotatable bonds is 4. The molecule has 200 valence electrons. The fourth-order valence-corrected chi connectivity index (χ4v) is 6.57. The van der Waals surface area contributed by atoms with Crippen LogP contribution in [0.1, 0.15) is 28.9 Å². The van der Waals surface area contributed by atoms with Crippen LogP contribution >= 0.6 is 0 Å². The molecule has 1 heterocycles. The Labute approximate surface area is 246 Å². The van der Waals surface area contributed by atoms with Crippen LogP contribution < -0.4 is 10.6 Å². The topological polar surface area (TPSA) is 24.1 Å². The Hall–Kier alpha value is -5.18. The zero-order chi connectivity index (χ0) is 27.9. The maximum Gasteiger partial charge on any atom is 0.105 e. The van der Waals surface area contributed by atoms with E-state index < -0.39 is 0 Å². The third-order valence-corrected chi connectivity index (χ3v) is 8.54. The van der Waals surface area contributed by atoms with Crippen LogP contribution in [0.4, 0.5) is 0 Å². The fraction of sp³-hybridized carbons (Fsp3) is 0.0500. The molecule has 7 aromatic carbocycles. The Balaban J connectivity index is 1.36. The zero-order valence-electron chi connectivity index (χ0n) is 23.2. The summed E-state index contributed by atoms with van der Waals surface area (Å²) in [5.74, 6) is 0. The predicted molar refractivity (Wildman–Crippen MR) is 177 cm³/mol. The van der Waals surface area contributed by atoms with Gasteiger partial charge in [0.2, 0.25) is 0 Å². The molecule has 0 saturated heterocycles. The lowest BCUT2D eigenvalue weighted by Gasteiger charge is -2.35. The molecular weight excluding hydrogens is 508 g/mol. The first-order chi connectivity index (χ1) is 20.8. The largest absolute Gasteiger partial charge is 0.366 e. The normalized spacial score (nSPS) is 16.8. The molecule has 7 aromatic rings. The van der Waals surface area contributed by atoms with E-state index in [1.54, 1.807) is 0 Å². The summed E-state index contributed by atoms with van der Waals surface area (Å²) >= 11 is 0. The molecule has 0 spiro atoms. The molecule has 0 aromatic heterocycles. The molecule has 0 radical (unpaired) electrons. The molecule has 0 aliphatic carbocycles. The van der Waals surface area contributed by atoms with Crippen LogP contribution in [0.3, 0.4) is 0 Å². The number of benzene rings is 7. The molecule has 2 unspecified atom stereocenters. The number of nitrogens with one attached hydrogen (secondary N) is 2. The minimum atomic E-state index is -0.117. The van der Waals surface area contributed by atoms with E-state index in [0.29, 0.717) is 0 Å². The highest BCUT2D eigenvalue weighted by Gasteiger charge is 2.28. The van der Waals surface area contributed by atoms with E-state index in [1.807, 2.05) is 0 Å². The first-order valence-corrected chi connectivity index (χ1v) is 14.6. The van der Waals surface area contributed by atoms with Gasteiger partial charge in [-0.3, -0.25) is 5.32 Å². The minimum absolute atomic E-state index is 0.0331. The second kappa shape index (κ2) is 10.3. The molecule has 2 heteroatoms. The predicted octanol–water partition coefficient (Wildman–Crippen LogP) is 9.79. The Morgan fingerprint density at radius 1 is 0.452 bits per heavy atom. The summed E-state index contributed by atoms with van der Waals surface area (Å²) in [6.07, 6.45) is 2.23. The molecule has 1 aliphatic heterocycles. The van der Waals surface area contributed by atoms with Gasteiger partial charge in [-0.25, -0.2) is 0 Å². The molecule has 0 fully saturated rings. The van der Waals surface area contributed by atoms with Gasteiger partial charge in [-0.2, -0.15) is 0 Å².